The molecule has 16 heavy (non-hydrogen) atoms. The van der Waals surface area contributed by atoms with E-state index in [1.165, 1.54) is 0 Å². The van der Waals surface area contributed by atoms with Crippen molar-refractivity contribution in [1.82, 2.24) is 4.90 Å². The Kier molecular flexibility index (Phi) is 5.47. The summed E-state index contributed by atoms with van der Waals surface area (Å²) in [7, 11) is 1.80. The fourth-order valence-corrected chi connectivity index (χ4v) is 2.54. The maximum absolute atomic E-state index is 12.1. The zero-order valence-corrected chi connectivity index (χ0v) is 13.8. The van der Waals surface area contributed by atoms with Crippen molar-refractivity contribution in [3.63, 3.8) is 0 Å². The lowest BCUT2D eigenvalue weighted by Gasteiger charge is -2.19. The first-order valence-electron chi connectivity index (χ1n) is 4.76. The Morgan fingerprint density at radius 1 is 1.44 bits per heavy atom. The van der Waals surface area contributed by atoms with Gasteiger partial charge in [-0.2, -0.15) is 0 Å². The number of carbonyl (C=O) groups excluding carboxylic acids is 1. The SMILES string of the molecule is CC(Br)CN(C)C(=O)c1cc(Br)ccc1Br. The number of hydrogen-bond donors (Lipinski definition) is 0. The first kappa shape index (κ1) is 14.2. The number of benzene rings is 1. The molecule has 0 aromatic heterocycles. The van der Waals surface area contributed by atoms with Crippen LogP contribution < -0.4 is 0 Å². The summed E-state index contributed by atoms with van der Waals surface area (Å²) in [6, 6.07) is 5.58. The monoisotopic (exact) mass is 411 g/mol. The molecule has 0 N–H and O–H groups in total. The molecule has 1 rings (SSSR count). The van der Waals surface area contributed by atoms with E-state index in [1.807, 2.05) is 25.1 Å². The third kappa shape index (κ3) is 3.86. The van der Waals surface area contributed by atoms with Crippen LogP contribution in [-0.4, -0.2) is 29.2 Å². The molecule has 88 valence electrons. The van der Waals surface area contributed by atoms with Gasteiger partial charge >= 0.3 is 0 Å². The van der Waals surface area contributed by atoms with Gasteiger partial charge in [-0.05, 0) is 34.1 Å². The predicted octanol–water partition coefficient (Wildman–Crippen LogP) is 4.07. The van der Waals surface area contributed by atoms with Gasteiger partial charge in [-0.1, -0.05) is 38.8 Å². The van der Waals surface area contributed by atoms with Crippen LogP contribution in [0.1, 0.15) is 17.3 Å². The molecule has 0 aliphatic carbocycles. The Labute approximate surface area is 121 Å². The lowest BCUT2D eigenvalue weighted by atomic mass is 10.2. The minimum Gasteiger partial charge on any atom is -0.341 e. The van der Waals surface area contributed by atoms with Gasteiger partial charge in [0, 0.05) is 27.4 Å². The fraction of sp³-hybridized carbons (Fsp3) is 0.364. The molecule has 1 atom stereocenters. The van der Waals surface area contributed by atoms with Gasteiger partial charge in [0.2, 0.25) is 0 Å². The van der Waals surface area contributed by atoms with Crippen molar-refractivity contribution in [2.75, 3.05) is 13.6 Å². The molecule has 0 radical (unpaired) electrons. The van der Waals surface area contributed by atoms with Gasteiger partial charge in [-0.15, -0.1) is 0 Å². The number of nitrogens with zero attached hydrogens (tertiary/aromatic N) is 1. The number of alkyl halides is 1. The first-order valence-corrected chi connectivity index (χ1v) is 7.26. The molecule has 0 aliphatic heterocycles. The predicted molar refractivity (Wildman–Crippen MR) is 77.2 cm³/mol. The molecule has 2 nitrogen and oxygen atoms in total. The third-order valence-corrected chi connectivity index (χ3v) is 3.51. The largest absolute Gasteiger partial charge is 0.341 e. The van der Waals surface area contributed by atoms with Crippen molar-refractivity contribution in [2.24, 2.45) is 0 Å². The highest BCUT2D eigenvalue weighted by Gasteiger charge is 2.16. The van der Waals surface area contributed by atoms with E-state index in [-0.39, 0.29) is 10.7 Å². The van der Waals surface area contributed by atoms with Gasteiger partial charge in [0.05, 0.1) is 5.56 Å². The summed E-state index contributed by atoms with van der Waals surface area (Å²) in [6.45, 7) is 2.69. The van der Waals surface area contributed by atoms with E-state index in [4.69, 9.17) is 0 Å². The second-order valence-electron chi connectivity index (χ2n) is 3.59. The maximum Gasteiger partial charge on any atom is 0.254 e. The summed E-state index contributed by atoms with van der Waals surface area (Å²) in [5.41, 5.74) is 0.671. The van der Waals surface area contributed by atoms with Gasteiger partial charge in [0.25, 0.3) is 5.91 Å². The van der Waals surface area contributed by atoms with Crippen LogP contribution in [0.15, 0.2) is 27.1 Å². The van der Waals surface area contributed by atoms with Crippen molar-refractivity contribution in [1.29, 1.82) is 0 Å². The van der Waals surface area contributed by atoms with Gasteiger partial charge in [0.1, 0.15) is 0 Å². The van der Waals surface area contributed by atoms with Crippen LogP contribution in [0.2, 0.25) is 0 Å². The van der Waals surface area contributed by atoms with Gasteiger partial charge in [-0.3, -0.25) is 4.79 Å². The average molecular weight is 414 g/mol. The Hall–Kier alpha value is 0.130. The van der Waals surface area contributed by atoms with E-state index in [0.717, 1.165) is 8.95 Å². The van der Waals surface area contributed by atoms with Crippen molar-refractivity contribution in [3.8, 4) is 0 Å². The van der Waals surface area contributed by atoms with Crippen molar-refractivity contribution < 1.29 is 4.79 Å². The van der Waals surface area contributed by atoms with Crippen LogP contribution >= 0.6 is 47.8 Å². The van der Waals surface area contributed by atoms with Crippen molar-refractivity contribution >= 4 is 53.7 Å². The molecule has 1 aromatic carbocycles. The fourth-order valence-electron chi connectivity index (χ4n) is 1.33. The molecule has 0 saturated heterocycles. The number of rotatable bonds is 3. The van der Waals surface area contributed by atoms with E-state index >= 15 is 0 Å². The number of hydrogen-bond acceptors (Lipinski definition) is 1. The van der Waals surface area contributed by atoms with Crippen LogP contribution in [0.4, 0.5) is 0 Å². The second kappa shape index (κ2) is 6.17. The van der Waals surface area contributed by atoms with Gasteiger partial charge in [0.15, 0.2) is 0 Å². The van der Waals surface area contributed by atoms with E-state index in [2.05, 4.69) is 47.8 Å². The van der Waals surface area contributed by atoms with Crippen LogP contribution in [0.25, 0.3) is 0 Å². The van der Waals surface area contributed by atoms with Gasteiger partial charge in [-0.25, -0.2) is 0 Å². The molecule has 0 fully saturated rings. The number of halogens is 3. The van der Waals surface area contributed by atoms with Crippen LogP contribution in [0, 0.1) is 0 Å². The standard InChI is InChI=1S/C11H12Br3NO/c1-7(12)6-15(2)11(16)9-5-8(13)3-4-10(9)14/h3-5,7H,6H2,1-2H3. The zero-order valence-electron chi connectivity index (χ0n) is 9.01. The molecule has 0 heterocycles. The summed E-state index contributed by atoms with van der Waals surface area (Å²) >= 11 is 10.2. The van der Waals surface area contributed by atoms with Crippen molar-refractivity contribution in [3.05, 3.63) is 32.7 Å². The highest BCUT2D eigenvalue weighted by Crippen LogP contribution is 2.22. The topological polar surface area (TPSA) is 20.3 Å². The van der Waals surface area contributed by atoms with E-state index in [9.17, 15) is 4.79 Å². The van der Waals surface area contributed by atoms with Crippen LogP contribution in [0.3, 0.4) is 0 Å². The molecule has 1 aromatic rings. The molecule has 0 aliphatic rings. The smallest absolute Gasteiger partial charge is 0.254 e. The molecule has 0 bridgehead atoms. The Bertz CT molecular complexity index is 393. The Balaban J connectivity index is 2.91. The maximum atomic E-state index is 12.1. The Morgan fingerprint density at radius 3 is 2.62 bits per heavy atom. The summed E-state index contributed by atoms with van der Waals surface area (Å²) in [6.07, 6.45) is 0. The average Bonchev–Trinajstić information content (AvgIpc) is 2.19. The molecule has 0 spiro atoms. The molecule has 5 heteroatoms. The summed E-state index contributed by atoms with van der Waals surface area (Å²) in [5.74, 6) is 0.0134. The molecular weight excluding hydrogens is 402 g/mol. The van der Waals surface area contributed by atoms with Crippen molar-refractivity contribution in [2.45, 2.75) is 11.8 Å². The zero-order chi connectivity index (χ0) is 12.3. The normalized spacial score (nSPS) is 12.3. The van der Waals surface area contributed by atoms with Crippen LogP contribution in [-0.2, 0) is 0 Å². The third-order valence-electron chi connectivity index (χ3n) is 2.03. The van der Waals surface area contributed by atoms with Gasteiger partial charge < -0.3 is 4.90 Å². The summed E-state index contributed by atoms with van der Waals surface area (Å²) < 4.78 is 1.72. The lowest BCUT2D eigenvalue weighted by molar-refractivity contribution is 0.0796. The molecule has 1 amide bonds. The number of amides is 1. The number of carbonyl (C=O) groups is 1. The first-order chi connectivity index (χ1) is 7.41. The van der Waals surface area contributed by atoms with E-state index in [0.29, 0.717) is 12.1 Å². The summed E-state index contributed by atoms with van der Waals surface area (Å²) in [4.78, 5) is 14.1. The molecular formula is C11H12Br3NO. The molecule has 1 unspecified atom stereocenters. The minimum absolute atomic E-state index is 0.0134. The molecule has 0 saturated carbocycles. The van der Waals surface area contributed by atoms with E-state index < -0.39 is 0 Å². The minimum atomic E-state index is 0.0134. The van der Waals surface area contributed by atoms with E-state index in [1.54, 1.807) is 11.9 Å². The van der Waals surface area contributed by atoms with Crippen LogP contribution in [0.5, 0.6) is 0 Å². The lowest BCUT2D eigenvalue weighted by Crippen LogP contribution is -2.31. The highest BCUT2D eigenvalue weighted by molar-refractivity contribution is 9.11. The quantitative estimate of drug-likeness (QED) is 0.684. The summed E-state index contributed by atoms with van der Waals surface area (Å²) in [5, 5.41) is 0. The highest BCUT2D eigenvalue weighted by atomic mass is 79.9. The second-order valence-corrected chi connectivity index (χ2v) is 6.92. The Morgan fingerprint density at radius 2 is 2.06 bits per heavy atom.